The average Bonchev–Trinajstić information content (AvgIpc) is 0. The zero-order valence-corrected chi connectivity index (χ0v) is 7.50. The maximum absolute atomic E-state index is 0. The fourth-order valence-corrected chi connectivity index (χ4v) is 0. The van der Waals surface area contributed by atoms with Gasteiger partial charge >= 0.3 is 73.7 Å². The monoisotopic (exact) mass is 446 g/mol. The van der Waals surface area contributed by atoms with E-state index in [1.54, 1.807) is 0 Å². The third-order valence-electron chi connectivity index (χ3n) is 0. The number of rotatable bonds is 0. The van der Waals surface area contributed by atoms with Crippen molar-refractivity contribution in [1.82, 2.24) is 0 Å². The van der Waals surface area contributed by atoms with E-state index in [2.05, 4.69) is 0 Å². The summed E-state index contributed by atoms with van der Waals surface area (Å²) in [7, 11) is 0. The zero-order chi connectivity index (χ0) is 0. The van der Waals surface area contributed by atoms with Crippen LogP contribution in [0.1, 0.15) is 0 Å². The fourth-order valence-electron chi connectivity index (χ4n) is 0. The van der Waals surface area contributed by atoms with Crippen LogP contribution in [0.2, 0.25) is 0 Å². The third kappa shape index (κ3) is 18.5. The molecular formula is Lu2S3. The van der Waals surface area contributed by atoms with Crippen molar-refractivity contribution < 1.29 is 73.7 Å². The summed E-state index contributed by atoms with van der Waals surface area (Å²) < 4.78 is 0. The molecule has 0 amide bonds. The van der Waals surface area contributed by atoms with Gasteiger partial charge in [-0.25, -0.2) is 0 Å². The van der Waals surface area contributed by atoms with Crippen LogP contribution in [0.25, 0.3) is 0 Å². The van der Waals surface area contributed by atoms with Gasteiger partial charge in [0.2, 0.25) is 0 Å². The maximum atomic E-state index is 0. The minimum atomic E-state index is 0. The molecule has 0 atom stereocenters. The summed E-state index contributed by atoms with van der Waals surface area (Å²) in [5.74, 6) is 0. The molecule has 0 radical (unpaired) electrons. The molecule has 0 nitrogen and oxygen atoms in total. The largest absolute Gasteiger partial charge is 3.00 e. The molecule has 0 aromatic rings. The molecule has 5 heavy (non-hydrogen) atoms. The Hall–Kier alpha value is 3.52. The summed E-state index contributed by atoms with van der Waals surface area (Å²) >= 11 is 0. The molecule has 0 aromatic carbocycles. The van der Waals surface area contributed by atoms with Gasteiger partial charge in [0.1, 0.15) is 0 Å². The Balaban J connectivity index is 0. The minimum Gasteiger partial charge on any atom is -2.00 e. The van der Waals surface area contributed by atoms with Gasteiger partial charge in [-0.2, -0.15) is 0 Å². The van der Waals surface area contributed by atoms with Crippen LogP contribution in [-0.2, 0) is 40.5 Å². The molecule has 0 saturated heterocycles. The first-order chi connectivity index (χ1) is 0. The van der Waals surface area contributed by atoms with E-state index in [1.165, 1.54) is 0 Å². The van der Waals surface area contributed by atoms with Crippen molar-refractivity contribution in [2.24, 2.45) is 0 Å². The van der Waals surface area contributed by atoms with Crippen LogP contribution in [-0.4, -0.2) is 0 Å². The Morgan fingerprint density at radius 2 is 0.400 bits per heavy atom. The predicted octanol–water partition coefficient (Wildman–Crippen LogP) is -0.00720. The molecule has 0 saturated carbocycles. The normalized spacial score (nSPS) is 0. The topological polar surface area (TPSA) is 0 Å². The van der Waals surface area contributed by atoms with Crippen LogP contribution in [0.3, 0.4) is 0 Å². The summed E-state index contributed by atoms with van der Waals surface area (Å²) in [6.45, 7) is 0. The van der Waals surface area contributed by atoms with Crippen molar-refractivity contribution in [2.75, 3.05) is 0 Å². The summed E-state index contributed by atoms with van der Waals surface area (Å²) in [6.07, 6.45) is 0. The van der Waals surface area contributed by atoms with Gasteiger partial charge < -0.3 is 40.5 Å². The van der Waals surface area contributed by atoms with Gasteiger partial charge in [0.25, 0.3) is 0 Å². The Kier molecular flexibility index (Phi) is 201. The van der Waals surface area contributed by atoms with Crippen LogP contribution in [0.5, 0.6) is 0 Å². The van der Waals surface area contributed by atoms with Gasteiger partial charge in [-0.15, -0.1) is 0 Å². The second-order valence-corrected chi connectivity index (χ2v) is 0. The first kappa shape index (κ1) is 38.9. The molecule has 0 fully saturated rings. The minimum absolute atomic E-state index is 0. The first-order valence-electron chi connectivity index (χ1n) is 0. The number of hydrogen-bond acceptors (Lipinski definition) is 0. The smallest absolute Gasteiger partial charge is 2.00 e. The Labute approximate surface area is 112 Å². The van der Waals surface area contributed by atoms with E-state index in [4.69, 9.17) is 0 Å². The summed E-state index contributed by atoms with van der Waals surface area (Å²) in [6, 6.07) is 0. The molecule has 0 spiro atoms. The molecule has 0 aliphatic rings. The number of hydrogen-bond donors (Lipinski definition) is 0. The van der Waals surface area contributed by atoms with Gasteiger partial charge in [-0.05, 0) is 0 Å². The van der Waals surface area contributed by atoms with Crippen LogP contribution in [0.4, 0.5) is 0 Å². The summed E-state index contributed by atoms with van der Waals surface area (Å²) in [5, 5.41) is 0. The van der Waals surface area contributed by atoms with E-state index < -0.39 is 0 Å². The molecule has 48 valence electrons. The molecular weight excluding hydrogens is 446 g/mol. The van der Waals surface area contributed by atoms with E-state index in [0.717, 1.165) is 0 Å². The van der Waals surface area contributed by atoms with Crippen molar-refractivity contribution in [1.29, 1.82) is 0 Å². The van der Waals surface area contributed by atoms with Crippen LogP contribution in [0, 0.1) is 73.7 Å². The maximum Gasteiger partial charge on any atom is 3.00 e. The van der Waals surface area contributed by atoms with E-state index >= 15 is 0 Å². The molecule has 0 aliphatic heterocycles. The fraction of sp³-hybridized carbons (Fsp3) is 0. The van der Waals surface area contributed by atoms with Gasteiger partial charge in [-0.1, -0.05) is 0 Å². The van der Waals surface area contributed by atoms with Gasteiger partial charge in [-0.3, -0.25) is 0 Å². The molecule has 0 bridgehead atoms. The van der Waals surface area contributed by atoms with Gasteiger partial charge in [0.05, 0.1) is 0 Å². The molecule has 0 heterocycles. The Morgan fingerprint density at radius 1 is 0.400 bits per heavy atom. The first-order valence-corrected chi connectivity index (χ1v) is 0. The van der Waals surface area contributed by atoms with Crippen molar-refractivity contribution in [3.05, 3.63) is 0 Å². The second-order valence-electron chi connectivity index (χ2n) is 0. The van der Waals surface area contributed by atoms with Crippen LogP contribution < -0.4 is 0 Å². The van der Waals surface area contributed by atoms with Gasteiger partial charge in [0.15, 0.2) is 0 Å². The molecule has 0 aliphatic carbocycles. The summed E-state index contributed by atoms with van der Waals surface area (Å²) in [5.41, 5.74) is 0. The molecule has 5 heteroatoms. The van der Waals surface area contributed by atoms with Crippen molar-refractivity contribution in [3.8, 4) is 0 Å². The van der Waals surface area contributed by atoms with Crippen molar-refractivity contribution in [3.63, 3.8) is 0 Å². The quantitative estimate of drug-likeness (QED) is 0.492. The van der Waals surface area contributed by atoms with Crippen LogP contribution in [0.15, 0.2) is 0 Å². The standard InChI is InChI=1S/2Lu.3S/q2*+3;3*-2. The SMILES string of the molecule is [Lu+3].[Lu+3].[S-2].[S-2].[S-2]. The summed E-state index contributed by atoms with van der Waals surface area (Å²) in [4.78, 5) is 0. The van der Waals surface area contributed by atoms with Crippen LogP contribution >= 0.6 is 0 Å². The predicted molar refractivity (Wildman–Crippen MR) is 22.1 cm³/mol. The van der Waals surface area contributed by atoms with E-state index in [-0.39, 0.29) is 114 Å². The average molecular weight is 446 g/mol. The molecule has 0 rings (SSSR count). The third-order valence-corrected chi connectivity index (χ3v) is 0. The van der Waals surface area contributed by atoms with E-state index in [9.17, 15) is 0 Å². The molecule has 0 unspecified atom stereocenters. The van der Waals surface area contributed by atoms with E-state index in [0.29, 0.717) is 0 Å². The van der Waals surface area contributed by atoms with Gasteiger partial charge in [0, 0.05) is 0 Å². The van der Waals surface area contributed by atoms with Crippen molar-refractivity contribution >= 4 is 40.5 Å². The Bertz CT molecular complexity index is 4.85. The molecule has 0 aromatic heterocycles. The van der Waals surface area contributed by atoms with Crippen molar-refractivity contribution in [2.45, 2.75) is 0 Å². The van der Waals surface area contributed by atoms with E-state index in [1.807, 2.05) is 0 Å². The zero-order valence-electron chi connectivity index (χ0n) is 1.74. The Morgan fingerprint density at radius 3 is 0.400 bits per heavy atom. The molecule has 0 N–H and O–H groups in total. The second kappa shape index (κ2) is 25.8.